The standard InChI is InChI=1S/C26H29N5O2S/c1-5-31-24-23(19(4)29-31)28-26(30(25(24)33)14-13-20-9-7-6-8-10-20)34-16-22(32)27-21-12-11-17(2)18(3)15-21/h6-12,15H,5,13-14,16H2,1-4H3,(H,27,32). The first-order valence-electron chi connectivity index (χ1n) is 11.4. The Morgan fingerprint density at radius 1 is 1.06 bits per heavy atom. The second-order valence-electron chi connectivity index (χ2n) is 8.32. The van der Waals surface area contributed by atoms with Gasteiger partial charge in [-0.05, 0) is 62.9 Å². The summed E-state index contributed by atoms with van der Waals surface area (Å²) < 4.78 is 3.39. The average molecular weight is 476 g/mol. The van der Waals surface area contributed by atoms with Crippen LogP contribution in [-0.2, 0) is 24.3 Å². The van der Waals surface area contributed by atoms with E-state index in [9.17, 15) is 9.59 Å². The number of amides is 1. The van der Waals surface area contributed by atoms with Crippen LogP contribution < -0.4 is 10.9 Å². The molecule has 0 unspecified atom stereocenters. The summed E-state index contributed by atoms with van der Waals surface area (Å²) >= 11 is 1.27. The molecule has 1 N–H and O–H groups in total. The molecule has 4 rings (SSSR count). The average Bonchev–Trinajstić information content (AvgIpc) is 3.16. The third kappa shape index (κ3) is 5.07. The number of benzene rings is 2. The highest BCUT2D eigenvalue weighted by Gasteiger charge is 2.19. The van der Waals surface area contributed by atoms with Gasteiger partial charge in [0.25, 0.3) is 5.56 Å². The number of hydrogen-bond donors (Lipinski definition) is 1. The van der Waals surface area contributed by atoms with Gasteiger partial charge < -0.3 is 5.32 Å². The highest BCUT2D eigenvalue weighted by atomic mass is 32.2. The van der Waals surface area contributed by atoms with Crippen LogP contribution >= 0.6 is 11.8 Å². The molecular formula is C26H29N5O2S. The summed E-state index contributed by atoms with van der Waals surface area (Å²) in [6, 6.07) is 15.9. The number of carbonyl (C=O) groups is 1. The maximum Gasteiger partial charge on any atom is 0.280 e. The lowest BCUT2D eigenvalue weighted by Crippen LogP contribution is -2.26. The van der Waals surface area contributed by atoms with Gasteiger partial charge in [-0.1, -0.05) is 48.2 Å². The van der Waals surface area contributed by atoms with Gasteiger partial charge in [-0.3, -0.25) is 18.8 Å². The quantitative estimate of drug-likeness (QED) is 0.299. The molecule has 2 heterocycles. The maximum atomic E-state index is 13.5. The van der Waals surface area contributed by atoms with E-state index in [0.717, 1.165) is 16.8 Å². The predicted molar refractivity (Wildman–Crippen MR) is 138 cm³/mol. The Kier molecular flexibility index (Phi) is 7.17. The molecule has 0 spiro atoms. The second kappa shape index (κ2) is 10.3. The van der Waals surface area contributed by atoms with E-state index < -0.39 is 0 Å². The zero-order valence-electron chi connectivity index (χ0n) is 20.0. The van der Waals surface area contributed by atoms with E-state index in [0.29, 0.717) is 41.4 Å². The lowest BCUT2D eigenvalue weighted by atomic mass is 10.1. The molecule has 0 saturated carbocycles. The van der Waals surface area contributed by atoms with E-state index in [1.807, 2.05) is 76.2 Å². The smallest absolute Gasteiger partial charge is 0.280 e. The Hall–Kier alpha value is -3.39. The largest absolute Gasteiger partial charge is 0.325 e. The fourth-order valence-corrected chi connectivity index (χ4v) is 4.67. The van der Waals surface area contributed by atoms with Crippen molar-refractivity contribution < 1.29 is 4.79 Å². The summed E-state index contributed by atoms with van der Waals surface area (Å²) in [7, 11) is 0. The second-order valence-corrected chi connectivity index (χ2v) is 9.26. The lowest BCUT2D eigenvalue weighted by molar-refractivity contribution is -0.113. The summed E-state index contributed by atoms with van der Waals surface area (Å²) in [5.74, 6) is 0.00940. The van der Waals surface area contributed by atoms with Crippen LogP contribution in [-0.4, -0.2) is 31.0 Å². The Morgan fingerprint density at radius 2 is 1.82 bits per heavy atom. The van der Waals surface area contributed by atoms with Crippen LogP contribution in [0.4, 0.5) is 5.69 Å². The molecule has 0 radical (unpaired) electrons. The number of aryl methyl sites for hydroxylation is 5. The van der Waals surface area contributed by atoms with Gasteiger partial charge >= 0.3 is 0 Å². The number of fused-ring (bicyclic) bond motifs is 1. The van der Waals surface area contributed by atoms with E-state index in [4.69, 9.17) is 4.98 Å². The van der Waals surface area contributed by atoms with E-state index in [2.05, 4.69) is 10.4 Å². The van der Waals surface area contributed by atoms with Crippen molar-refractivity contribution >= 4 is 34.4 Å². The Balaban J connectivity index is 1.61. The predicted octanol–water partition coefficient (Wildman–Crippen LogP) is 4.51. The van der Waals surface area contributed by atoms with Crippen LogP contribution in [0, 0.1) is 20.8 Å². The first-order valence-corrected chi connectivity index (χ1v) is 12.4. The van der Waals surface area contributed by atoms with Crippen molar-refractivity contribution in [3.63, 3.8) is 0 Å². The summed E-state index contributed by atoms with van der Waals surface area (Å²) in [6.45, 7) is 8.93. The lowest BCUT2D eigenvalue weighted by Gasteiger charge is -2.13. The van der Waals surface area contributed by atoms with Gasteiger partial charge in [0.15, 0.2) is 10.7 Å². The number of aromatic nitrogens is 4. The van der Waals surface area contributed by atoms with Gasteiger partial charge in [0.1, 0.15) is 5.52 Å². The number of nitrogens with one attached hydrogen (secondary N) is 1. The summed E-state index contributed by atoms with van der Waals surface area (Å²) in [4.78, 5) is 31.0. The number of hydrogen-bond acceptors (Lipinski definition) is 5. The summed E-state index contributed by atoms with van der Waals surface area (Å²) in [5.41, 5.74) is 5.89. The molecule has 0 atom stereocenters. The molecule has 2 aromatic carbocycles. The first kappa shape index (κ1) is 23.8. The van der Waals surface area contributed by atoms with Crippen LogP contribution in [0.15, 0.2) is 58.5 Å². The SMILES string of the molecule is CCn1nc(C)c2nc(SCC(=O)Nc3ccc(C)c(C)c3)n(CCc3ccccc3)c(=O)c21. The molecule has 2 aromatic heterocycles. The molecule has 0 aliphatic heterocycles. The normalized spacial score (nSPS) is 11.2. The Bertz CT molecular complexity index is 1390. The van der Waals surface area contributed by atoms with Crippen molar-refractivity contribution in [2.24, 2.45) is 0 Å². The number of thioether (sulfide) groups is 1. The van der Waals surface area contributed by atoms with Crippen LogP contribution in [0.3, 0.4) is 0 Å². The third-order valence-corrected chi connectivity index (χ3v) is 6.85. The van der Waals surface area contributed by atoms with Crippen LogP contribution in [0.1, 0.15) is 29.3 Å². The fourth-order valence-electron chi connectivity index (χ4n) is 3.86. The van der Waals surface area contributed by atoms with Crippen LogP contribution in [0.5, 0.6) is 0 Å². The molecule has 34 heavy (non-hydrogen) atoms. The van der Waals surface area contributed by atoms with Gasteiger partial charge in [0, 0.05) is 18.8 Å². The topological polar surface area (TPSA) is 81.8 Å². The van der Waals surface area contributed by atoms with Gasteiger partial charge in [-0.25, -0.2) is 4.98 Å². The minimum absolute atomic E-state index is 0.125. The molecule has 4 aromatic rings. The molecule has 7 nitrogen and oxygen atoms in total. The Labute approximate surface area is 203 Å². The van der Waals surface area contributed by atoms with E-state index in [1.54, 1.807) is 9.25 Å². The number of carbonyl (C=O) groups excluding carboxylic acids is 1. The maximum absolute atomic E-state index is 13.5. The first-order chi connectivity index (χ1) is 16.4. The molecule has 0 bridgehead atoms. The Morgan fingerprint density at radius 3 is 2.53 bits per heavy atom. The molecule has 0 aliphatic carbocycles. The number of nitrogens with zero attached hydrogens (tertiary/aromatic N) is 4. The van der Waals surface area contributed by atoms with E-state index in [1.165, 1.54) is 17.3 Å². The molecule has 0 fully saturated rings. The van der Waals surface area contributed by atoms with Crippen molar-refractivity contribution in [3.05, 3.63) is 81.3 Å². The van der Waals surface area contributed by atoms with Crippen molar-refractivity contribution in [1.82, 2.24) is 19.3 Å². The van der Waals surface area contributed by atoms with Crippen molar-refractivity contribution in [2.75, 3.05) is 11.1 Å². The number of anilines is 1. The van der Waals surface area contributed by atoms with E-state index in [-0.39, 0.29) is 17.2 Å². The van der Waals surface area contributed by atoms with Crippen molar-refractivity contribution in [2.45, 2.75) is 52.4 Å². The van der Waals surface area contributed by atoms with Gasteiger partial charge in [-0.2, -0.15) is 5.10 Å². The van der Waals surface area contributed by atoms with Crippen molar-refractivity contribution in [1.29, 1.82) is 0 Å². The molecular weight excluding hydrogens is 446 g/mol. The van der Waals surface area contributed by atoms with Gasteiger partial charge in [-0.15, -0.1) is 0 Å². The van der Waals surface area contributed by atoms with Gasteiger partial charge in [0.05, 0.1) is 11.4 Å². The molecule has 0 saturated heterocycles. The zero-order valence-corrected chi connectivity index (χ0v) is 20.8. The van der Waals surface area contributed by atoms with Crippen LogP contribution in [0.2, 0.25) is 0 Å². The summed E-state index contributed by atoms with van der Waals surface area (Å²) in [6.07, 6.45) is 0.690. The molecule has 1 amide bonds. The highest BCUT2D eigenvalue weighted by molar-refractivity contribution is 7.99. The highest BCUT2D eigenvalue weighted by Crippen LogP contribution is 2.21. The minimum atomic E-state index is -0.141. The molecule has 0 aliphatic rings. The van der Waals surface area contributed by atoms with Gasteiger partial charge in [0.2, 0.25) is 5.91 Å². The molecule has 8 heteroatoms. The molecule has 176 valence electrons. The monoisotopic (exact) mass is 475 g/mol. The van der Waals surface area contributed by atoms with E-state index >= 15 is 0 Å². The summed E-state index contributed by atoms with van der Waals surface area (Å²) in [5, 5.41) is 7.96. The third-order valence-electron chi connectivity index (χ3n) is 5.87. The van der Waals surface area contributed by atoms with Crippen molar-refractivity contribution in [3.8, 4) is 0 Å². The minimum Gasteiger partial charge on any atom is -0.325 e. The number of rotatable bonds is 8. The fraction of sp³-hybridized carbons (Fsp3) is 0.308. The van der Waals surface area contributed by atoms with Crippen LogP contribution in [0.25, 0.3) is 11.0 Å². The zero-order chi connectivity index (χ0) is 24.2.